The van der Waals surface area contributed by atoms with Crippen LogP contribution in [0.2, 0.25) is 5.02 Å². The highest BCUT2D eigenvalue weighted by molar-refractivity contribution is 7.15. The van der Waals surface area contributed by atoms with E-state index in [1.165, 1.54) is 11.3 Å². The molecule has 8 heteroatoms. The van der Waals surface area contributed by atoms with Gasteiger partial charge in [0.05, 0.1) is 10.7 Å². The van der Waals surface area contributed by atoms with Crippen LogP contribution in [0.25, 0.3) is 10.8 Å². The van der Waals surface area contributed by atoms with Crippen molar-refractivity contribution in [3.63, 3.8) is 0 Å². The van der Waals surface area contributed by atoms with E-state index in [0.29, 0.717) is 28.2 Å². The molecule has 0 aliphatic carbocycles. The van der Waals surface area contributed by atoms with Gasteiger partial charge in [-0.2, -0.15) is 0 Å². The van der Waals surface area contributed by atoms with E-state index in [9.17, 15) is 4.79 Å². The minimum absolute atomic E-state index is 0. The van der Waals surface area contributed by atoms with Crippen molar-refractivity contribution in [3.05, 3.63) is 50.8 Å². The molecule has 2 aromatic heterocycles. The number of halogens is 1. The summed E-state index contributed by atoms with van der Waals surface area (Å²) in [5, 5.41) is 9.09. The van der Waals surface area contributed by atoms with Crippen LogP contribution in [0, 0.1) is 12.8 Å². The molecule has 1 fully saturated rings. The number of aryl methyl sites for hydroxylation is 1. The molecule has 172 valence electrons. The number of thiophene rings is 1. The summed E-state index contributed by atoms with van der Waals surface area (Å²) in [5.41, 5.74) is 7.69. The van der Waals surface area contributed by atoms with Crippen LogP contribution in [-0.4, -0.2) is 42.5 Å². The van der Waals surface area contributed by atoms with Crippen molar-refractivity contribution in [3.8, 4) is 0 Å². The quantitative estimate of drug-likeness (QED) is 0.460. The Balaban J connectivity index is 0.00000289. The van der Waals surface area contributed by atoms with Crippen molar-refractivity contribution in [2.75, 3.05) is 37.7 Å². The number of amides is 1. The van der Waals surface area contributed by atoms with E-state index >= 15 is 0 Å². The largest absolute Gasteiger partial charge is 0.383 e. The van der Waals surface area contributed by atoms with Crippen LogP contribution < -0.4 is 16.4 Å². The van der Waals surface area contributed by atoms with E-state index in [4.69, 9.17) is 17.3 Å². The summed E-state index contributed by atoms with van der Waals surface area (Å²) >= 11 is 7.97. The molecule has 0 atom stereocenters. The Hall–Kier alpha value is -2.35. The molecule has 1 amide bonds. The number of carbonyl (C=O) groups is 1. The number of benzene rings is 1. The molecule has 0 radical (unpaired) electrons. The maximum Gasteiger partial charge on any atom is 0.263 e. The molecule has 3 heterocycles. The third-order valence-corrected chi connectivity index (χ3v) is 7.62. The molecular formula is C24H32ClN5OS. The highest BCUT2D eigenvalue weighted by atomic mass is 35.5. The monoisotopic (exact) mass is 473 g/mol. The van der Waals surface area contributed by atoms with Gasteiger partial charge in [-0.15, -0.1) is 11.3 Å². The van der Waals surface area contributed by atoms with E-state index in [1.807, 2.05) is 31.2 Å². The average Bonchev–Trinajstić information content (AvgIpc) is 3.05. The van der Waals surface area contributed by atoms with Crippen molar-refractivity contribution >= 4 is 51.1 Å². The van der Waals surface area contributed by atoms with Gasteiger partial charge in [-0.3, -0.25) is 4.79 Å². The number of nitrogens with one attached hydrogen (secondary N) is 2. The van der Waals surface area contributed by atoms with Crippen molar-refractivity contribution < 1.29 is 4.79 Å². The van der Waals surface area contributed by atoms with Crippen LogP contribution in [0.3, 0.4) is 0 Å². The number of aromatic nitrogens is 1. The number of pyridine rings is 1. The molecule has 32 heavy (non-hydrogen) atoms. The number of anilines is 2. The number of rotatable bonds is 6. The summed E-state index contributed by atoms with van der Waals surface area (Å²) in [5.74, 6) is 1.00. The van der Waals surface area contributed by atoms with Gasteiger partial charge in [0.25, 0.3) is 5.91 Å². The molecule has 6 nitrogen and oxygen atoms in total. The molecule has 4 N–H and O–H groups in total. The maximum atomic E-state index is 13.0. The van der Waals surface area contributed by atoms with Crippen LogP contribution in [0.4, 0.5) is 11.5 Å². The van der Waals surface area contributed by atoms with E-state index < -0.39 is 0 Å². The number of nitrogens with two attached hydrogens (primary N) is 1. The van der Waals surface area contributed by atoms with Crippen LogP contribution >= 0.6 is 22.9 Å². The first-order chi connectivity index (χ1) is 14.9. The van der Waals surface area contributed by atoms with E-state index in [1.54, 1.807) is 6.20 Å². The normalized spacial score (nSPS) is 14.8. The minimum atomic E-state index is -0.111. The van der Waals surface area contributed by atoms with Gasteiger partial charge in [-0.25, -0.2) is 4.98 Å². The molecule has 1 aromatic carbocycles. The zero-order chi connectivity index (χ0) is 22.0. The number of carbonyl (C=O) groups excluding carboxylic acids is 1. The smallest absolute Gasteiger partial charge is 0.263 e. The lowest BCUT2D eigenvalue weighted by molar-refractivity contribution is 0.0955. The molecule has 0 spiro atoms. The molecule has 4 rings (SSSR count). The van der Waals surface area contributed by atoms with Gasteiger partial charge in [0, 0.05) is 29.5 Å². The van der Waals surface area contributed by atoms with Gasteiger partial charge in [-0.05, 0) is 68.9 Å². The minimum Gasteiger partial charge on any atom is -0.383 e. The van der Waals surface area contributed by atoms with Crippen LogP contribution in [0.1, 0.15) is 40.4 Å². The molecule has 1 aliphatic heterocycles. The second-order valence-electron chi connectivity index (χ2n) is 8.24. The Bertz CT molecular complexity index is 1090. The van der Waals surface area contributed by atoms with Gasteiger partial charge < -0.3 is 21.3 Å². The molecular weight excluding hydrogens is 442 g/mol. The van der Waals surface area contributed by atoms with Crippen molar-refractivity contribution in [1.29, 1.82) is 0 Å². The summed E-state index contributed by atoms with van der Waals surface area (Å²) in [6.07, 6.45) is 4.01. The Morgan fingerprint density at radius 2 is 2.06 bits per heavy atom. The number of nitrogen functional groups attached to an aromatic ring is 1. The Morgan fingerprint density at radius 3 is 2.81 bits per heavy atom. The van der Waals surface area contributed by atoms with Gasteiger partial charge >= 0.3 is 0 Å². The lowest BCUT2D eigenvalue weighted by Gasteiger charge is -2.29. The van der Waals surface area contributed by atoms with Crippen molar-refractivity contribution in [2.24, 2.45) is 5.92 Å². The van der Waals surface area contributed by atoms with Crippen molar-refractivity contribution in [1.82, 2.24) is 15.2 Å². The fourth-order valence-electron chi connectivity index (χ4n) is 3.98. The van der Waals surface area contributed by atoms with Gasteiger partial charge in [0.1, 0.15) is 10.7 Å². The second-order valence-corrected chi connectivity index (χ2v) is 9.84. The number of fused-ring (bicyclic) bond motifs is 1. The highest BCUT2D eigenvalue weighted by Crippen LogP contribution is 2.37. The van der Waals surface area contributed by atoms with Crippen molar-refractivity contribution in [2.45, 2.75) is 33.7 Å². The lowest BCUT2D eigenvalue weighted by atomic mass is 9.97. The number of piperidine rings is 1. The molecule has 1 aliphatic rings. The number of likely N-dealkylation sites (tertiary alicyclic amines) is 1. The Kier molecular flexibility index (Phi) is 7.98. The molecule has 3 aromatic rings. The average molecular weight is 474 g/mol. The first kappa shape index (κ1) is 24.3. The van der Waals surface area contributed by atoms with E-state index in [2.05, 4.69) is 27.6 Å². The van der Waals surface area contributed by atoms with E-state index in [0.717, 1.165) is 59.4 Å². The summed E-state index contributed by atoms with van der Waals surface area (Å²) in [6, 6.07) is 7.86. The third kappa shape index (κ3) is 5.34. The zero-order valence-corrected chi connectivity index (χ0v) is 19.4. The standard InChI is InChI=1S/C23H28ClN5OS.CH4/c1-14-19(24)20(27-12-15-6-9-29(2)10-7-15)21(31-14)23(30)28-13-16-3-4-18-17(11-16)5-8-26-22(18)25;/h3-5,8,11,15,27H,6-7,9-10,12-13H2,1-2H3,(H2,25,26)(H,28,30);1H4. The second kappa shape index (κ2) is 10.5. The molecule has 0 saturated carbocycles. The number of hydrogen-bond acceptors (Lipinski definition) is 6. The predicted octanol–water partition coefficient (Wildman–Crippen LogP) is 5.16. The number of nitrogens with zero attached hydrogens (tertiary/aromatic N) is 2. The van der Waals surface area contributed by atoms with Gasteiger partial charge in [0.15, 0.2) is 0 Å². The first-order valence-corrected chi connectivity index (χ1v) is 11.7. The SMILES string of the molecule is C.Cc1sc(C(=O)NCc2ccc3c(N)nccc3c2)c(NCC2CCN(C)CC2)c1Cl. The summed E-state index contributed by atoms with van der Waals surface area (Å²) < 4.78 is 0. The predicted molar refractivity (Wildman–Crippen MR) is 137 cm³/mol. The van der Waals surface area contributed by atoms with Gasteiger partial charge in [-0.1, -0.05) is 31.2 Å². The maximum absolute atomic E-state index is 13.0. The van der Waals surface area contributed by atoms with Crippen LogP contribution in [0.5, 0.6) is 0 Å². The molecule has 0 bridgehead atoms. The topological polar surface area (TPSA) is 83.3 Å². The van der Waals surface area contributed by atoms with Crippen LogP contribution in [0.15, 0.2) is 30.5 Å². The Morgan fingerprint density at radius 1 is 1.31 bits per heavy atom. The highest BCUT2D eigenvalue weighted by Gasteiger charge is 2.22. The first-order valence-electron chi connectivity index (χ1n) is 10.5. The third-order valence-electron chi connectivity index (χ3n) is 5.94. The zero-order valence-electron chi connectivity index (χ0n) is 17.9. The lowest BCUT2D eigenvalue weighted by Crippen LogP contribution is -2.33. The Labute approximate surface area is 199 Å². The van der Waals surface area contributed by atoms with Crippen LogP contribution in [-0.2, 0) is 6.54 Å². The van der Waals surface area contributed by atoms with Gasteiger partial charge in [0.2, 0.25) is 0 Å². The molecule has 1 saturated heterocycles. The fourth-order valence-corrected chi connectivity index (χ4v) is 5.25. The number of hydrogen-bond donors (Lipinski definition) is 3. The molecule has 0 unspecified atom stereocenters. The van der Waals surface area contributed by atoms with E-state index in [-0.39, 0.29) is 13.3 Å². The summed E-state index contributed by atoms with van der Waals surface area (Å²) in [4.78, 5) is 21.0. The summed E-state index contributed by atoms with van der Waals surface area (Å²) in [6.45, 7) is 5.45. The summed E-state index contributed by atoms with van der Waals surface area (Å²) in [7, 11) is 2.16. The fraction of sp³-hybridized carbons (Fsp3) is 0.417.